The highest BCUT2D eigenvalue weighted by Gasteiger charge is 2.33. The first-order chi connectivity index (χ1) is 10.0. The van der Waals surface area contributed by atoms with E-state index in [2.05, 4.69) is 0 Å². The highest BCUT2D eigenvalue weighted by atomic mass is 19.1. The van der Waals surface area contributed by atoms with Crippen LogP contribution < -0.4 is 16.2 Å². The Morgan fingerprint density at radius 3 is 2.29 bits per heavy atom. The number of hydrogen-bond acceptors (Lipinski definition) is 3. The van der Waals surface area contributed by atoms with Crippen molar-refractivity contribution >= 4 is 5.91 Å². The zero-order valence-electron chi connectivity index (χ0n) is 11.5. The molecule has 0 aliphatic rings. The Hall–Kier alpha value is -2.40. The van der Waals surface area contributed by atoms with Gasteiger partial charge in [-0.05, 0) is 29.8 Å². The number of amides is 1. The van der Waals surface area contributed by atoms with Crippen molar-refractivity contribution in [3.8, 4) is 5.75 Å². The van der Waals surface area contributed by atoms with E-state index in [0.717, 1.165) is 0 Å². The molecule has 4 N–H and O–H groups in total. The van der Waals surface area contributed by atoms with Crippen LogP contribution in [0.4, 0.5) is 4.39 Å². The zero-order valence-corrected chi connectivity index (χ0v) is 11.5. The first kappa shape index (κ1) is 15.0. The first-order valence-corrected chi connectivity index (χ1v) is 6.55. The van der Waals surface area contributed by atoms with Crippen LogP contribution in [0.5, 0.6) is 5.75 Å². The number of ether oxygens (including phenoxy) is 1. The second-order valence-corrected chi connectivity index (χ2v) is 4.75. The molecule has 2 aromatic rings. The van der Waals surface area contributed by atoms with Gasteiger partial charge in [-0.15, -0.1) is 0 Å². The Morgan fingerprint density at radius 1 is 1.10 bits per heavy atom. The summed E-state index contributed by atoms with van der Waals surface area (Å²) in [6, 6.07) is 14.6. The van der Waals surface area contributed by atoms with Crippen molar-refractivity contribution in [2.24, 2.45) is 11.5 Å². The molecule has 0 aromatic heterocycles. The zero-order chi connectivity index (χ0) is 15.3. The normalized spacial score (nSPS) is 13.4. The van der Waals surface area contributed by atoms with E-state index in [1.165, 1.54) is 24.3 Å². The predicted molar refractivity (Wildman–Crippen MR) is 78.0 cm³/mol. The topological polar surface area (TPSA) is 78.3 Å². The smallest absolute Gasteiger partial charge is 0.242 e. The van der Waals surface area contributed by atoms with Crippen molar-refractivity contribution in [1.29, 1.82) is 0 Å². The Labute approximate surface area is 122 Å². The number of primary amides is 1. The molecule has 0 saturated heterocycles. The van der Waals surface area contributed by atoms with Crippen molar-refractivity contribution in [3.63, 3.8) is 0 Å². The number of carbonyl (C=O) groups excluding carboxylic acids is 1. The minimum Gasteiger partial charge on any atom is -0.493 e. The van der Waals surface area contributed by atoms with Crippen LogP contribution in [0.2, 0.25) is 0 Å². The Bertz CT molecular complexity index is 601. The van der Waals surface area contributed by atoms with Crippen LogP contribution in [0.25, 0.3) is 0 Å². The molecule has 2 aromatic carbocycles. The summed E-state index contributed by atoms with van der Waals surface area (Å²) in [5.74, 6) is -0.440. The quantitative estimate of drug-likeness (QED) is 0.852. The summed E-state index contributed by atoms with van der Waals surface area (Å²) in [7, 11) is 0. The minimum atomic E-state index is -1.29. The molecule has 1 atom stereocenters. The van der Waals surface area contributed by atoms with E-state index in [-0.39, 0.29) is 18.8 Å². The molecule has 0 fully saturated rings. The average molecular weight is 288 g/mol. The van der Waals surface area contributed by atoms with E-state index in [0.29, 0.717) is 11.3 Å². The molecule has 0 spiro atoms. The average Bonchev–Trinajstić information content (AvgIpc) is 2.50. The molecule has 110 valence electrons. The van der Waals surface area contributed by atoms with Crippen molar-refractivity contribution < 1.29 is 13.9 Å². The number of nitrogens with two attached hydrogens (primary N) is 2. The van der Waals surface area contributed by atoms with E-state index in [1.54, 1.807) is 24.3 Å². The van der Waals surface area contributed by atoms with Crippen LogP contribution in [0.1, 0.15) is 12.0 Å². The molecule has 5 heteroatoms. The molecule has 0 bridgehead atoms. The van der Waals surface area contributed by atoms with Crippen molar-refractivity contribution in [2.45, 2.75) is 12.0 Å². The standard InChI is InChI=1S/C16H17FN2O2/c17-13-6-8-14(9-7-13)21-11-10-16(19,15(18)20)12-4-2-1-3-5-12/h1-9H,10-11,19H2,(H2,18,20). The van der Waals surface area contributed by atoms with Gasteiger partial charge in [-0.2, -0.15) is 0 Å². The number of benzene rings is 2. The SMILES string of the molecule is NC(=O)C(N)(CCOc1ccc(F)cc1)c1ccccc1. The fourth-order valence-electron chi connectivity index (χ4n) is 2.01. The lowest BCUT2D eigenvalue weighted by molar-refractivity contribution is -0.124. The van der Waals surface area contributed by atoms with Gasteiger partial charge >= 0.3 is 0 Å². The summed E-state index contributed by atoms with van der Waals surface area (Å²) in [5, 5.41) is 0. The number of halogens is 1. The van der Waals surface area contributed by atoms with E-state index in [1.807, 2.05) is 6.07 Å². The summed E-state index contributed by atoms with van der Waals surface area (Å²) >= 11 is 0. The van der Waals surface area contributed by atoms with Gasteiger partial charge in [-0.3, -0.25) is 4.79 Å². The summed E-state index contributed by atoms with van der Waals surface area (Å²) < 4.78 is 18.3. The fourth-order valence-corrected chi connectivity index (χ4v) is 2.01. The van der Waals surface area contributed by atoms with E-state index < -0.39 is 11.4 Å². The van der Waals surface area contributed by atoms with Crippen molar-refractivity contribution in [2.75, 3.05) is 6.61 Å². The van der Waals surface area contributed by atoms with Crippen LogP contribution in [-0.2, 0) is 10.3 Å². The first-order valence-electron chi connectivity index (χ1n) is 6.55. The largest absolute Gasteiger partial charge is 0.493 e. The second kappa shape index (κ2) is 6.37. The molecule has 2 rings (SSSR count). The summed E-state index contributed by atoms with van der Waals surface area (Å²) in [5.41, 5.74) is 10.9. The van der Waals surface area contributed by atoms with E-state index >= 15 is 0 Å². The number of rotatable bonds is 6. The number of carbonyl (C=O) groups is 1. The molecule has 0 aliphatic carbocycles. The van der Waals surface area contributed by atoms with Crippen molar-refractivity contribution in [3.05, 3.63) is 66.0 Å². The third-order valence-electron chi connectivity index (χ3n) is 3.31. The van der Waals surface area contributed by atoms with E-state index in [4.69, 9.17) is 16.2 Å². The Balaban J connectivity index is 2.04. The Morgan fingerprint density at radius 2 is 1.71 bits per heavy atom. The van der Waals surface area contributed by atoms with Gasteiger partial charge in [0.25, 0.3) is 0 Å². The summed E-state index contributed by atoms with van der Waals surface area (Å²) in [6.45, 7) is 0.194. The second-order valence-electron chi connectivity index (χ2n) is 4.75. The molecule has 4 nitrogen and oxygen atoms in total. The Kier molecular flexibility index (Phi) is 4.55. The lowest BCUT2D eigenvalue weighted by Crippen LogP contribution is -2.50. The van der Waals surface area contributed by atoms with Crippen LogP contribution in [-0.4, -0.2) is 12.5 Å². The maximum absolute atomic E-state index is 12.8. The van der Waals surface area contributed by atoms with Crippen LogP contribution in [0.15, 0.2) is 54.6 Å². The molecular formula is C16H17FN2O2. The van der Waals surface area contributed by atoms with Gasteiger partial charge < -0.3 is 16.2 Å². The van der Waals surface area contributed by atoms with Gasteiger partial charge in [0.1, 0.15) is 17.1 Å². The molecule has 0 saturated carbocycles. The highest BCUT2D eigenvalue weighted by molar-refractivity contribution is 5.85. The van der Waals surface area contributed by atoms with E-state index in [9.17, 15) is 9.18 Å². The van der Waals surface area contributed by atoms with Crippen LogP contribution >= 0.6 is 0 Å². The molecule has 1 unspecified atom stereocenters. The van der Waals surface area contributed by atoms with Crippen molar-refractivity contribution in [1.82, 2.24) is 0 Å². The van der Waals surface area contributed by atoms with Gasteiger partial charge in [0.05, 0.1) is 6.61 Å². The molecule has 0 aliphatic heterocycles. The molecule has 0 heterocycles. The van der Waals surface area contributed by atoms with Gasteiger partial charge in [-0.1, -0.05) is 30.3 Å². The van der Waals surface area contributed by atoms with Gasteiger partial charge in [0.2, 0.25) is 5.91 Å². The van der Waals surface area contributed by atoms with Crippen LogP contribution in [0, 0.1) is 5.82 Å². The van der Waals surface area contributed by atoms with Crippen LogP contribution in [0.3, 0.4) is 0 Å². The fraction of sp³-hybridized carbons (Fsp3) is 0.188. The summed E-state index contributed by atoms with van der Waals surface area (Å²) in [4.78, 5) is 11.7. The summed E-state index contributed by atoms with van der Waals surface area (Å²) in [6.07, 6.45) is 0.226. The molecule has 0 radical (unpaired) electrons. The minimum absolute atomic E-state index is 0.194. The predicted octanol–water partition coefficient (Wildman–Crippen LogP) is 1.93. The number of hydrogen-bond donors (Lipinski definition) is 2. The monoisotopic (exact) mass is 288 g/mol. The molecular weight excluding hydrogens is 271 g/mol. The maximum Gasteiger partial charge on any atom is 0.242 e. The van der Waals surface area contributed by atoms with Gasteiger partial charge in [0, 0.05) is 6.42 Å². The lowest BCUT2D eigenvalue weighted by atomic mass is 9.87. The maximum atomic E-state index is 12.8. The highest BCUT2D eigenvalue weighted by Crippen LogP contribution is 2.22. The molecule has 21 heavy (non-hydrogen) atoms. The van der Waals surface area contributed by atoms with Gasteiger partial charge in [-0.25, -0.2) is 4.39 Å². The third kappa shape index (κ3) is 3.58. The van der Waals surface area contributed by atoms with Gasteiger partial charge in [0.15, 0.2) is 0 Å². The molecule has 1 amide bonds. The third-order valence-corrected chi connectivity index (χ3v) is 3.31. The lowest BCUT2D eigenvalue weighted by Gasteiger charge is -2.26.